The highest BCUT2D eigenvalue weighted by Crippen LogP contribution is 2.28. The molecule has 1 rings (SSSR count). The van der Waals surface area contributed by atoms with E-state index in [1.165, 1.54) is 13.8 Å². The van der Waals surface area contributed by atoms with Gasteiger partial charge < -0.3 is 39.0 Å². The Labute approximate surface area is 195 Å². The standard InChI is InChI=1S/C20H30N2O12/c1-10(23)21-17-19(33-14(5)27)18(32-13(4)26)15(9-31-12(3)25)34-20(17)30-7-6-22(11(2)24)8-16(28)29/h15,17-20H,6-9H2,1-5H3,(H,21,23)(H,28,29)/t15-,17-,18+,19-,20+/m1/s1. The monoisotopic (exact) mass is 490 g/mol. The number of amides is 2. The number of esters is 3. The lowest BCUT2D eigenvalue weighted by Crippen LogP contribution is -2.66. The number of carbonyl (C=O) groups excluding carboxylic acids is 5. The van der Waals surface area contributed by atoms with E-state index in [0.717, 1.165) is 25.7 Å². The van der Waals surface area contributed by atoms with Gasteiger partial charge in [0.05, 0.1) is 6.61 Å². The predicted molar refractivity (Wildman–Crippen MR) is 110 cm³/mol. The van der Waals surface area contributed by atoms with Gasteiger partial charge in [-0.3, -0.25) is 28.8 Å². The number of nitrogens with one attached hydrogen (secondary N) is 1. The number of ether oxygens (including phenoxy) is 5. The highest BCUT2D eigenvalue weighted by atomic mass is 16.7. The van der Waals surface area contributed by atoms with Gasteiger partial charge in [-0.15, -0.1) is 0 Å². The van der Waals surface area contributed by atoms with Crippen molar-refractivity contribution in [3.05, 3.63) is 0 Å². The maximum atomic E-state index is 11.8. The van der Waals surface area contributed by atoms with Crippen LogP contribution in [0.3, 0.4) is 0 Å². The van der Waals surface area contributed by atoms with Crippen LogP contribution in [0, 0.1) is 0 Å². The summed E-state index contributed by atoms with van der Waals surface area (Å²) in [4.78, 5) is 70.3. The second-order valence-corrected chi connectivity index (χ2v) is 7.43. The molecule has 192 valence electrons. The molecule has 0 unspecified atom stereocenters. The molecule has 34 heavy (non-hydrogen) atoms. The van der Waals surface area contributed by atoms with Crippen molar-refractivity contribution in [2.45, 2.75) is 65.3 Å². The fourth-order valence-electron chi connectivity index (χ4n) is 3.22. The molecule has 0 saturated carbocycles. The van der Waals surface area contributed by atoms with Crippen molar-refractivity contribution < 1.29 is 57.6 Å². The van der Waals surface area contributed by atoms with Crippen LogP contribution in [0.5, 0.6) is 0 Å². The molecule has 1 heterocycles. The molecular formula is C20H30N2O12. The van der Waals surface area contributed by atoms with E-state index in [1.54, 1.807) is 0 Å². The SMILES string of the molecule is CC(=O)N[C@H]1[C@@H](OCCN(CC(=O)O)C(C)=O)O[C@H](COC(C)=O)[C@H](OC(C)=O)[C@@H]1OC(C)=O. The lowest BCUT2D eigenvalue weighted by Gasteiger charge is -2.45. The average Bonchev–Trinajstić information content (AvgIpc) is 2.68. The Morgan fingerprint density at radius 2 is 1.50 bits per heavy atom. The molecular weight excluding hydrogens is 460 g/mol. The van der Waals surface area contributed by atoms with E-state index in [9.17, 15) is 28.8 Å². The van der Waals surface area contributed by atoms with Crippen molar-refractivity contribution in [1.82, 2.24) is 10.2 Å². The van der Waals surface area contributed by atoms with Gasteiger partial charge in [-0.25, -0.2) is 0 Å². The van der Waals surface area contributed by atoms with Crippen molar-refractivity contribution in [3.8, 4) is 0 Å². The molecule has 1 saturated heterocycles. The zero-order valence-corrected chi connectivity index (χ0v) is 19.6. The zero-order valence-electron chi connectivity index (χ0n) is 19.6. The number of hydrogen-bond donors (Lipinski definition) is 2. The quantitative estimate of drug-likeness (QED) is 0.255. The first-order valence-corrected chi connectivity index (χ1v) is 10.3. The van der Waals surface area contributed by atoms with Crippen LogP contribution in [0.2, 0.25) is 0 Å². The molecule has 0 spiro atoms. The third kappa shape index (κ3) is 9.70. The molecule has 5 atom stereocenters. The number of carbonyl (C=O) groups is 6. The van der Waals surface area contributed by atoms with Gasteiger partial charge in [0.1, 0.15) is 25.3 Å². The lowest BCUT2D eigenvalue weighted by atomic mass is 9.96. The molecule has 1 fully saturated rings. The molecule has 0 aromatic rings. The van der Waals surface area contributed by atoms with E-state index in [1.807, 2.05) is 0 Å². The Kier molecular flexibility index (Phi) is 11.4. The van der Waals surface area contributed by atoms with Crippen molar-refractivity contribution in [2.24, 2.45) is 0 Å². The third-order valence-electron chi connectivity index (χ3n) is 4.49. The van der Waals surface area contributed by atoms with E-state index < -0.39 is 79.5 Å². The van der Waals surface area contributed by atoms with Gasteiger partial charge in [0.25, 0.3) is 0 Å². The van der Waals surface area contributed by atoms with Gasteiger partial charge >= 0.3 is 23.9 Å². The van der Waals surface area contributed by atoms with E-state index in [4.69, 9.17) is 28.8 Å². The molecule has 2 N–H and O–H groups in total. The maximum Gasteiger partial charge on any atom is 0.323 e. The van der Waals surface area contributed by atoms with Crippen LogP contribution in [0.25, 0.3) is 0 Å². The number of carboxylic acids is 1. The van der Waals surface area contributed by atoms with Gasteiger partial charge in [-0.2, -0.15) is 0 Å². The second kappa shape index (κ2) is 13.4. The molecule has 0 radical (unpaired) electrons. The Balaban J connectivity index is 3.20. The average molecular weight is 490 g/mol. The zero-order chi connectivity index (χ0) is 26.0. The first-order chi connectivity index (χ1) is 15.8. The summed E-state index contributed by atoms with van der Waals surface area (Å²) >= 11 is 0. The molecule has 0 aromatic heterocycles. The summed E-state index contributed by atoms with van der Waals surface area (Å²) in [5, 5.41) is 11.5. The molecule has 0 aliphatic carbocycles. The lowest BCUT2D eigenvalue weighted by molar-refractivity contribution is -0.278. The Morgan fingerprint density at radius 3 is 1.97 bits per heavy atom. The predicted octanol–water partition coefficient (Wildman–Crippen LogP) is -1.41. The molecule has 2 amide bonds. The van der Waals surface area contributed by atoms with Crippen molar-refractivity contribution >= 4 is 35.7 Å². The van der Waals surface area contributed by atoms with Gasteiger partial charge in [0, 0.05) is 41.2 Å². The van der Waals surface area contributed by atoms with Crippen molar-refractivity contribution in [2.75, 3.05) is 26.3 Å². The summed E-state index contributed by atoms with van der Waals surface area (Å²) in [5.41, 5.74) is 0. The van der Waals surface area contributed by atoms with Crippen LogP contribution in [0.15, 0.2) is 0 Å². The smallest absolute Gasteiger partial charge is 0.323 e. The largest absolute Gasteiger partial charge is 0.480 e. The summed E-state index contributed by atoms with van der Waals surface area (Å²) in [6.45, 7) is 4.46. The fourth-order valence-corrected chi connectivity index (χ4v) is 3.22. The van der Waals surface area contributed by atoms with Crippen molar-refractivity contribution in [1.29, 1.82) is 0 Å². The Bertz CT molecular complexity index is 786. The molecule has 1 aliphatic heterocycles. The molecule has 14 heteroatoms. The summed E-state index contributed by atoms with van der Waals surface area (Å²) in [6.07, 6.45) is -5.00. The molecule has 14 nitrogen and oxygen atoms in total. The minimum Gasteiger partial charge on any atom is -0.480 e. The van der Waals surface area contributed by atoms with Crippen LogP contribution in [-0.4, -0.2) is 103 Å². The highest BCUT2D eigenvalue weighted by molar-refractivity contribution is 5.79. The van der Waals surface area contributed by atoms with Gasteiger partial charge in [0.2, 0.25) is 11.8 Å². The normalized spacial score (nSPS) is 23.9. The summed E-state index contributed by atoms with van der Waals surface area (Å²) in [6, 6.07) is -1.16. The molecule has 0 aromatic carbocycles. The van der Waals surface area contributed by atoms with Crippen LogP contribution >= 0.6 is 0 Å². The van der Waals surface area contributed by atoms with Crippen molar-refractivity contribution in [3.63, 3.8) is 0 Å². The van der Waals surface area contributed by atoms with E-state index in [2.05, 4.69) is 5.32 Å². The Hall–Kier alpha value is -3.26. The fraction of sp³-hybridized carbons (Fsp3) is 0.700. The van der Waals surface area contributed by atoms with Crippen LogP contribution in [-0.2, 0) is 52.5 Å². The second-order valence-electron chi connectivity index (χ2n) is 7.43. The van der Waals surface area contributed by atoms with Gasteiger partial charge in [-0.1, -0.05) is 0 Å². The first-order valence-electron chi connectivity index (χ1n) is 10.3. The van der Waals surface area contributed by atoms with Crippen LogP contribution in [0.4, 0.5) is 0 Å². The molecule has 0 bridgehead atoms. The summed E-state index contributed by atoms with van der Waals surface area (Å²) < 4.78 is 27.0. The maximum absolute atomic E-state index is 11.8. The highest BCUT2D eigenvalue weighted by Gasteiger charge is 2.51. The number of nitrogens with zero attached hydrogens (tertiary/aromatic N) is 1. The number of carboxylic acid groups (broad SMARTS) is 1. The molecule has 1 aliphatic rings. The third-order valence-corrected chi connectivity index (χ3v) is 4.49. The minimum atomic E-state index is -1.31. The summed E-state index contributed by atoms with van der Waals surface area (Å²) in [7, 11) is 0. The van der Waals surface area contributed by atoms with Gasteiger partial charge in [-0.05, 0) is 0 Å². The summed E-state index contributed by atoms with van der Waals surface area (Å²) in [5.74, 6) is -4.42. The van der Waals surface area contributed by atoms with Gasteiger partial charge in [0.15, 0.2) is 18.5 Å². The number of rotatable bonds is 11. The Morgan fingerprint density at radius 1 is 0.912 bits per heavy atom. The topological polar surface area (TPSA) is 184 Å². The van der Waals surface area contributed by atoms with Crippen LogP contribution in [0.1, 0.15) is 34.6 Å². The first kappa shape index (κ1) is 28.8. The number of aliphatic carboxylic acids is 1. The minimum absolute atomic E-state index is 0.130. The van der Waals surface area contributed by atoms with E-state index >= 15 is 0 Å². The van der Waals surface area contributed by atoms with E-state index in [0.29, 0.717) is 0 Å². The number of hydrogen-bond acceptors (Lipinski definition) is 11. The van der Waals surface area contributed by atoms with E-state index in [-0.39, 0.29) is 13.2 Å². The van der Waals surface area contributed by atoms with Crippen LogP contribution < -0.4 is 5.32 Å².